The van der Waals surface area contributed by atoms with E-state index in [4.69, 9.17) is 4.74 Å². The quantitative estimate of drug-likeness (QED) is 0.527. The van der Waals surface area contributed by atoms with Gasteiger partial charge in [-0.2, -0.15) is 0 Å². The summed E-state index contributed by atoms with van der Waals surface area (Å²) in [5, 5.41) is 21.6. The molecule has 2 fully saturated rings. The molecule has 2 atom stereocenters. The molecule has 0 spiro atoms. The van der Waals surface area contributed by atoms with Crippen molar-refractivity contribution in [1.82, 2.24) is 9.80 Å². The molecule has 6 heteroatoms. The highest BCUT2D eigenvalue weighted by Gasteiger charge is 2.43. The number of carbonyl (C=O) groups is 1. The van der Waals surface area contributed by atoms with Crippen LogP contribution in [-0.2, 0) is 0 Å². The molecule has 2 aliphatic rings. The number of methoxy groups -OCH3 is 1. The van der Waals surface area contributed by atoms with Crippen molar-refractivity contribution in [2.24, 2.45) is 5.41 Å². The second kappa shape index (κ2) is 10.8. The molecule has 4 rings (SSSR count). The number of piperazine rings is 1. The highest BCUT2D eigenvalue weighted by atomic mass is 16.5. The predicted octanol–water partition coefficient (Wildman–Crippen LogP) is 5.85. The summed E-state index contributed by atoms with van der Waals surface area (Å²) >= 11 is 0. The Morgan fingerprint density at radius 1 is 1.06 bits per heavy atom. The SMILES string of the molecule is COc1cccc(-c2ccc(C(CN3CCN(C(=O)O)CC3C(C)(C)C)C3(O)CCCCC3)cc2)c1. The molecule has 1 amide bonds. The Hall–Kier alpha value is -2.57. The Labute approximate surface area is 215 Å². The molecule has 36 heavy (non-hydrogen) atoms. The van der Waals surface area contributed by atoms with E-state index < -0.39 is 11.7 Å². The molecule has 2 N–H and O–H groups in total. The predicted molar refractivity (Wildman–Crippen MR) is 144 cm³/mol. The summed E-state index contributed by atoms with van der Waals surface area (Å²) in [7, 11) is 1.68. The highest BCUT2D eigenvalue weighted by Crippen LogP contribution is 2.42. The van der Waals surface area contributed by atoms with Gasteiger partial charge in [0.1, 0.15) is 5.75 Å². The van der Waals surface area contributed by atoms with Gasteiger partial charge >= 0.3 is 6.09 Å². The average Bonchev–Trinajstić information content (AvgIpc) is 2.87. The fraction of sp³-hybridized carbons (Fsp3) is 0.567. The fourth-order valence-corrected chi connectivity index (χ4v) is 6.08. The van der Waals surface area contributed by atoms with Gasteiger partial charge < -0.3 is 19.8 Å². The number of rotatable bonds is 6. The third kappa shape index (κ3) is 5.87. The van der Waals surface area contributed by atoms with Crippen molar-refractivity contribution in [3.05, 3.63) is 54.1 Å². The van der Waals surface area contributed by atoms with Gasteiger partial charge in [-0.25, -0.2) is 4.79 Å². The van der Waals surface area contributed by atoms with Crippen LogP contribution in [0.15, 0.2) is 48.5 Å². The normalized spacial score (nSPS) is 21.7. The summed E-state index contributed by atoms with van der Waals surface area (Å²) < 4.78 is 5.40. The first-order valence-electron chi connectivity index (χ1n) is 13.3. The van der Waals surface area contributed by atoms with Crippen LogP contribution in [0.2, 0.25) is 0 Å². The lowest BCUT2D eigenvalue weighted by atomic mass is 9.72. The van der Waals surface area contributed by atoms with Gasteiger partial charge in [-0.1, -0.05) is 76.4 Å². The number of hydrogen-bond acceptors (Lipinski definition) is 4. The smallest absolute Gasteiger partial charge is 0.407 e. The van der Waals surface area contributed by atoms with E-state index in [0.29, 0.717) is 19.6 Å². The second-order valence-electron chi connectivity index (χ2n) is 11.7. The van der Waals surface area contributed by atoms with Crippen LogP contribution in [0, 0.1) is 5.41 Å². The maximum absolute atomic E-state index is 12.0. The summed E-state index contributed by atoms with van der Waals surface area (Å²) in [6.07, 6.45) is 4.04. The molecular weight excluding hydrogens is 452 g/mol. The van der Waals surface area contributed by atoms with Crippen molar-refractivity contribution in [2.45, 2.75) is 70.4 Å². The van der Waals surface area contributed by atoms with Gasteiger partial charge in [0.05, 0.1) is 12.7 Å². The molecule has 0 radical (unpaired) electrons. The maximum Gasteiger partial charge on any atom is 0.407 e. The number of carboxylic acid groups (broad SMARTS) is 1. The van der Waals surface area contributed by atoms with E-state index in [2.05, 4.69) is 56.0 Å². The van der Waals surface area contributed by atoms with Crippen molar-refractivity contribution >= 4 is 6.09 Å². The number of ether oxygens (including phenoxy) is 1. The number of nitrogens with zero attached hydrogens (tertiary/aromatic N) is 2. The van der Waals surface area contributed by atoms with E-state index in [1.807, 2.05) is 18.2 Å². The molecule has 2 aromatic carbocycles. The van der Waals surface area contributed by atoms with Gasteiger partial charge in [-0.3, -0.25) is 4.90 Å². The summed E-state index contributed by atoms with van der Waals surface area (Å²) in [5.41, 5.74) is 2.55. The minimum atomic E-state index is -0.848. The molecule has 1 aliphatic heterocycles. The standard InChI is InChI=1S/C30H42N2O4/c1-29(2,3)27-21-32(28(33)34)18-17-31(27)20-26(30(35)15-6-5-7-16-30)23-13-11-22(12-14-23)24-9-8-10-25(19-24)36-4/h8-14,19,26-27,35H,5-7,15-18,20-21H2,1-4H3,(H,33,34). The van der Waals surface area contributed by atoms with E-state index in [1.54, 1.807) is 12.0 Å². The minimum absolute atomic E-state index is 0.0293. The average molecular weight is 495 g/mol. The van der Waals surface area contributed by atoms with Crippen LogP contribution < -0.4 is 4.74 Å². The van der Waals surface area contributed by atoms with Gasteiger partial charge in [0.2, 0.25) is 0 Å². The molecule has 2 unspecified atom stereocenters. The molecule has 1 heterocycles. The van der Waals surface area contributed by atoms with E-state index in [1.165, 1.54) is 6.42 Å². The zero-order valence-electron chi connectivity index (χ0n) is 22.2. The highest BCUT2D eigenvalue weighted by molar-refractivity contribution is 5.66. The Bertz CT molecular complexity index is 1020. The van der Waals surface area contributed by atoms with Crippen LogP contribution in [0.4, 0.5) is 4.79 Å². The molecule has 6 nitrogen and oxygen atoms in total. The van der Waals surface area contributed by atoms with E-state index in [0.717, 1.165) is 54.7 Å². The molecule has 196 valence electrons. The lowest BCUT2D eigenvalue weighted by Gasteiger charge is -2.50. The van der Waals surface area contributed by atoms with E-state index >= 15 is 0 Å². The van der Waals surface area contributed by atoms with E-state index in [-0.39, 0.29) is 17.4 Å². The minimum Gasteiger partial charge on any atom is -0.497 e. The summed E-state index contributed by atoms with van der Waals surface area (Å²) in [6, 6.07) is 16.8. The fourth-order valence-electron chi connectivity index (χ4n) is 6.08. The Balaban J connectivity index is 1.64. The van der Waals surface area contributed by atoms with Crippen molar-refractivity contribution in [2.75, 3.05) is 33.3 Å². The first-order valence-corrected chi connectivity index (χ1v) is 13.3. The van der Waals surface area contributed by atoms with Crippen LogP contribution in [0.1, 0.15) is 64.4 Å². The zero-order valence-corrected chi connectivity index (χ0v) is 22.2. The first kappa shape index (κ1) is 26.5. The Morgan fingerprint density at radius 3 is 2.36 bits per heavy atom. The third-order valence-electron chi connectivity index (χ3n) is 8.26. The van der Waals surface area contributed by atoms with E-state index in [9.17, 15) is 15.0 Å². The van der Waals surface area contributed by atoms with Crippen molar-refractivity contribution < 1.29 is 19.7 Å². The number of aliphatic hydroxyl groups is 1. The second-order valence-corrected chi connectivity index (χ2v) is 11.7. The molecule has 1 saturated heterocycles. The monoisotopic (exact) mass is 494 g/mol. The molecular formula is C30H42N2O4. The van der Waals surface area contributed by atoms with Crippen LogP contribution in [0.25, 0.3) is 11.1 Å². The van der Waals surface area contributed by atoms with Gasteiger partial charge in [-0.05, 0) is 47.1 Å². The third-order valence-corrected chi connectivity index (χ3v) is 8.26. The van der Waals surface area contributed by atoms with Gasteiger partial charge in [0.15, 0.2) is 0 Å². The van der Waals surface area contributed by atoms with Crippen LogP contribution >= 0.6 is 0 Å². The van der Waals surface area contributed by atoms with Crippen LogP contribution in [0.5, 0.6) is 5.75 Å². The van der Waals surface area contributed by atoms with Crippen LogP contribution in [-0.4, -0.2) is 71.0 Å². The van der Waals surface area contributed by atoms with Crippen molar-refractivity contribution in [3.63, 3.8) is 0 Å². The molecule has 2 aromatic rings. The van der Waals surface area contributed by atoms with Crippen molar-refractivity contribution in [1.29, 1.82) is 0 Å². The van der Waals surface area contributed by atoms with Crippen LogP contribution in [0.3, 0.4) is 0 Å². The first-order chi connectivity index (χ1) is 17.1. The van der Waals surface area contributed by atoms with Gasteiger partial charge in [-0.15, -0.1) is 0 Å². The molecule has 0 bridgehead atoms. The lowest BCUT2D eigenvalue weighted by molar-refractivity contribution is -0.0499. The Morgan fingerprint density at radius 2 is 1.75 bits per heavy atom. The summed E-state index contributed by atoms with van der Waals surface area (Å²) in [5.74, 6) is 0.804. The molecule has 0 aromatic heterocycles. The number of hydrogen-bond donors (Lipinski definition) is 2. The number of benzene rings is 2. The zero-order chi connectivity index (χ0) is 25.9. The topological polar surface area (TPSA) is 73.2 Å². The molecule has 1 aliphatic carbocycles. The number of amides is 1. The summed E-state index contributed by atoms with van der Waals surface area (Å²) in [4.78, 5) is 15.7. The Kier molecular flexibility index (Phi) is 7.96. The van der Waals surface area contributed by atoms with Gasteiger partial charge in [0.25, 0.3) is 0 Å². The lowest BCUT2D eigenvalue weighted by Crippen LogP contribution is -2.60. The molecule has 1 saturated carbocycles. The largest absolute Gasteiger partial charge is 0.497 e. The maximum atomic E-state index is 12.0. The van der Waals surface area contributed by atoms with Gasteiger partial charge in [0, 0.05) is 38.1 Å². The summed E-state index contributed by atoms with van der Waals surface area (Å²) in [6.45, 7) is 8.96. The van der Waals surface area contributed by atoms with Crippen molar-refractivity contribution in [3.8, 4) is 16.9 Å².